The summed E-state index contributed by atoms with van der Waals surface area (Å²) in [5.41, 5.74) is 0.723. The van der Waals surface area contributed by atoms with Crippen molar-refractivity contribution in [3.63, 3.8) is 0 Å². The molecule has 0 unspecified atom stereocenters. The summed E-state index contributed by atoms with van der Waals surface area (Å²) >= 11 is 1.22. The Morgan fingerprint density at radius 3 is 2.44 bits per heavy atom. The van der Waals surface area contributed by atoms with Gasteiger partial charge in [-0.2, -0.15) is 13.2 Å². The molecule has 0 aliphatic rings. The number of anilines is 1. The quantitative estimate of drug-likeness (QED) is 0.919. The first-order chi connectivity index (χ1) is 8.07. The fraction of sp³-hybridized carbons (Fsp3) is 0.727. The van der Waals surface area contributed by atoms with Gasteiger partial charge in [0.15, 0.2) is 5.13 Å². The van der Waals surface area contributed by atoms with Gasteiger partial charge in [0.05, 0.1) is 5.69 Å². The molecule has 18 heavy (non-hydrogen) atoms. The Labute approximate surface area is 109 Å². The van der Waals surface area contributed by atoms with Crippen LogP contribution in [0, 0.1) is 0 Å². The van der Waals surface area contributed by atoms with E-state index in [0.29, 0.717) is 11.7 Å². The second kappa shape index (κ2) is 5.44. The van der Waals surface area contributed by atoms with Gasteiger partial charge in [0.1, 0.15) is 6.54 Å². The Hall–Kier alpha value is -0.820. The number of nitrogens with zero attached hydrogens (tertiary/aromatic N) is 2. The number of halogens is 3. The monoisotopic (exact) mass is 281 g/mol. The van der Waals surface area contributed by atoms with E-state index in [4.69, 9.17) is 0 Å². The SMILES string of the molecule is CN(CC(F)(F)F)c1nc(CNC(C)(C)C)cs1. The zero-order valence-electron chi connectivity index (χ0n) is 10.9. The highest BCUT2D eigenvalue weighted by molar-refractivity contribution is 7.13. The van der Waals surface area contributed by atoms with E-state index in [1.165, 1.54) is 18.4 Å². The number of rotatable bonds is 4. The molecular weight excluding hydrogens is 263 g/mol. The summed E-state index contributed by atoms with van der Waals surface area (Å²) in [6, 6.07) is 0. The van der Waals surface area contributed by atoms with E-state index < -0.39 is 12.7 Å². The highest BCUT2D eigenvalue weighted by atomic mass is 32.1. The zero-order chi connectivity index (χ0) is 14.0. The van der Waals surface area contributed by atoms with Gasteiger partial charge in [-0.15, -0.1) is 11.3 Å². The molecule has 1 aromatic heterocycles. The van der Waals surface area contributed by atoms with Gasteiger partial charge >= 0.3 is 6.18 Å². The van der Waals surface area contributed by atoms with E-state index >= 15 is 0 Å². The van der Waals surface area contributed by atoms with E-state index in [-0.39, 0.29) is 5.54 Å². The lowest BCUT2D eigenvalue weighted by Crippen LogP contribution is -2.35. The van der Waals surface area contributed by atoms with Crippen LogP contribution in [-0.2, 0) is 6.54 Å². The van der Waals surface area contributed by atoms with Crippen LogP contribution in [0.2, 0.25) is 0 Å². The Morgan fingerprint density at radius 1 is 1.33 bits per heavy atom. The van der Waals surface area contributed by atoms with Crippen LogP contribution in [-0.4, -0.2) is 30.3 Å². The van der Waals surface area contributed by atoms with Gasteiger partial charge in [-0.25, -0.2) is 4.98 Å². The van der Waals surface area contributed by atoms with E-state index in [9.17, 15) is 13.2 Å². The van der Waals surface area contributed by atoms with Crippen molar-refractivity contribution < 1.29 is 13.2 Å². The summed E-state index contributed by atoms with van der Waals surface area (Å²) in [5.74, 6) is 0. The van der Waals surface area contributed by atoms with E-state index in [0.717, 1.165) is 10.6 Å². The molecule has 1 rings (SSSR count). The lowest BCUT2D eigenvalue weighted by Gasteiger charge is -2.19. The molecule has 1 N–H and O–H groups in total. The van der Waals surface area contributed by atoms with E-state index in [1.54, 1.807) is 5.38 Å². The molecule has 0 aromatic carbocycles. The molecule has 0 saturated carbocycles. The number of hydrogen-bond donors (Lipinski definition) is 1. The molecule has 0 spiro atoms. The van der Waals surface area contributed by atoms with Gasteiger partial charge < -0.3 is 10.2 Å². The second-order valence-electron chi connectivity index (χ2n) is 5.20. The highest BCUT2D eigenvalue weighted by Crippen LogP contribution is 2.24. The number of thiazole rings is 1. The maximum Gasteiger partial charge on any atom is 0.405 e. The van der Waals surface area contributed by atoms with Gasteiger partial charge in [-0.3, -0.25) is 0 Å². The van der Waals surface area contributed by atoms with Gasteiger partial charge in [0, 0.05) is 24.5 Å². The minimum absolute atomic E-state index is 0.0400. The van der Waals surface area contributed by atoms with E-state index in [1.807, 2.05) is 20.8 Å². The predicted octanol–water partition coefficient (Wildman–Crippen LogP) is 3.03. The van der Waals surface area contributed by atoms with Crippen molar-refractivity contribution in [3.05, 3.63) is 11.1 Å². The molecule has 1 heterocycles. The third kappa shape index (κ3) is 5.68. The summed E-state index contributed by atoms with van der Waals surface area (Å²) in [7, 11) is 1.40. The fourth-order valence-corrected chi connectivity index (χ4v) is 2.04. The standard InChI is InChI=1S/C11H18F3N3S/c1-10(2,3)15-5-8-6-18-9(16-8)17(4)7-11(12,13)14/h6,15H,5,7H2,1-4H3. The smallest absolute Gasteiger partial charge is 0.342 e. The Kier molecular flexibility index (Phi) is 4.61. The topological polar surface area (TPSA) is 28.2 Å². The van der Waals surface area contributed by atoms with Gasteiger partial charge in [-0.1, -0.05) is 0 Å². The molecule has 0 amide bonds. The predicted molar refractivity (Wildman–Crippen MR) is 68.0 cm³/mol. The number of aromatic nitrogens is 1. The molecule has 1 aromatic rings. The first-order valence-electron chi connectivity index (χ1n) is 5.54. The van der Waals surface area contributed by atoms with Gasteiger partial charge in [-0.05, 0) is 20.8 Å². The molecule has 3 nitrogen and oxygen atoms in total. The van der Waals surface area contributed by atoms with Crippen LogP contribution in [0.15, 0.2) is 5.38 Å². The second-order valence-corrected chi connectivity index (χ2v) is 6.03. The third-order valence-corrected chi connectivity index (χ3v) is 3.09. The van der Waals surface area contributed by atoms with Crippen LogP contribution < -0.4 is 10.2 Å². The summed E-state index contributed by atoms with van der Waals surface area (Å²) in [5, 5.41) is 5.41. The molecule has 0 bridgehead atoms. The summed E-state index contributed by atoms with van der Waals surface area (Å²) in [4.78, 5) is 5.30. The van der Waals surface area contributed by atoms with Crippen LogP contribution in [0.1, 0.15) is 26.5 Å². The molecule has 104 valence electrons. The molecule has 0 aliphatic carbocycles. The van der Waals surface area contributed by atoms with Gasteiger partial charge in [0.25, 0.3) is 0 Å². The molecule has 0 aliphatic heterocycles. The largest absolute Gasteiger partial charge is 0.405 e. The first kappa shape index (κ1) is 15.2. The normalized spacial score (nSPS) is 12.8. The van der Waals surface area contributed by atoms with Crippen molar-refractivity contribution in [2.45, 2.75) is 39.0 Å². The maximum atomic E-state index is 12.2. The lowest BCUT2D eigenvalue weighted by atomic mass is 10.1. The Morgan fingerprint density at radius 2 is 1.94 bits per heavy atom. The third-order valence-electron chi connectivity index (χ3n) is 2.08. The fourth-order valence-electron chi connectivity index (χ4n) is 1.25. The minimum atomic E-state index is -4.20. The molecule has 0 saturated heterocycles. The van der Waals surface area contributed by atoms with E-state index in [2.05, 4.69) is 10.3 Å². The number of hydrogen-bond acceptors (Lipinski definition) is 4. The van der Waals surface area contributed by atoms with Crippen molar-refractivity contribution in [1.29, 1.82) is 0 Å². The van der Waals surface area contributed by atoms with Crippen molar-refractivity contribution in [1.82, 2.24) is 10.3 Å². The lowest BCUT2D eigenvalue weighted by molar-refractivity contribution is -0.119. The average Bonchev–Trinajstić information content (AvgIpc) is 2.58. The number of alkyl halides is 3. The Balaban J connectivity index is 2.58. The molecule has 7 heteroatoms. The van der Waals surface area contributed by atoms with Crippen LogP contribution in [0.4, 0.5) is 18.3 Å². The van der Waals surface area contributed by atoms with Crippen LogP contribution in [0.3, 0.4) is 0 Å². The van der Waals surface area contributed by atoms with Crippen molar-refractivity contribution in [3.8, 4) is 0 Å². The molecule has 0 atom stereocenters. The van der Waals surface area contributed by atoms with Crippen molar-refractivity contribution in [2.24, 2.45) is 0 Å². The summed E-state index contributed by atoms with van der Waals surface area (Å²) < 4.78 is 36.7. The Bertz CT molecular complexity index is 382. The van der Waals surface area contributed by atoms with Crippen LogP contribution >= 0.6 is 11.3 Å². The first-order valence-corrected chi connectivity index (χ1v) is 6.42. The zero-order valence-corrected chi connectivity index (χ0v) is 11.7. The van der Waals surface area contributed by atoms with Crippen molar-refractivity contribution in [2.75, 3.05) is 18.5 Å². The highest BCUT2D eigenvalue weighted by Gasteiger charge is 2.30. The van der Waals surface area contributed by atoms with Crippen LogP contribution in [0.25, 0.3) is 0 Å². The molecule has 0 fully saturated rings. The molecular formula is C11H18F3N3S. The number of nitrogens with one attached hydrogen (secondary N) is 1. The van der Waals surface area contributed by atoms with Crippen LogP contribution in [0.5, 0.6) is 0 Å². The molecule has 0 radical (unpaired) electrons. The minimum Gasteiger partial charge on any atom is -0.342 e. The summed E-state index contributed by atoms with van der Waals surface area (Å²) in [6.07, 6.45) is -4.20. The van der Waals surface area contributed by atoms with Gasteiger partial charge in [0.2, 0.25) is 0 Å². The average molecular weight is 281 g/mol. The van der Waals surface area contributed by atoms with Crippen molar-refractivity contribution >= 4 is 16.5 Å². The summed E-state index contributed by atoms with van der Waals surface area (Å²) in [6.45, 7) is 5.65. The maximum absolute atomic E-state index is 12.2.